The number of nitrogens with zero attached hydrogens (tertiary/aromatic N) is 1. The van der Waals surface area contributed by atoms with E-state index in [4.69, 9.17) is 9.47 Å². The number of carbonyl (C=O) groups is 1. The van der Waals surface area contributed by atoms with E-state index in [1.807, 2.05) is 36.1 Å². The van der Waals surface area contributed by atoms with Crippen molar-refractivity contribution < 1.29 is 19.4 Å². The van der Waals surface area contributed by atoms with Crippen molar-refractivity contribution >= 4 is 5.91 Å². The van der Waals surface area contributed by atoms with E-state index in [1.165, 1.54) is 0 Å². The monoisotopic (exact) mass is 333 g/mol. The molecule has 2 fully saturated rings. The lowest BCUT2D eigenvalue weighted by atomic mass is 9.93. The summed E-state index contributed by atoms with van der Waals surface area (Å²) in [6.07, 6.45) is 2.91. The molecule has 3 atom stereocenters. The Morgan fingerprint density at radius 2 is 2.12 bits per heavy atom. The summed E-state index contributed by atoms with van der Waals surface area (Å²) in [4.78, 5) is 14.7. The largest absolute Gasteiger partial charge is 0.494 e. The number of aliphatic hydroxyl groups is 1. The van der Waals surface area contributed by atoms with Crippen LogP contribution in [0.2, 0.25) is 0 Å². The van der Waals surface area contributed by atoms with E-state index in [0.29, 0.717) is 32.8 Å². The number of hydrogen-bond donors (Lipinski definition) is 1. The van der Waals surface area contributed by atoms with Crippen molar-refractivity contribution in [3.8, 4) is 5.75 Å². The first-order valence-electron chi connectivity index (χ1n) is 8.96. The van der Waals surface area contributed by atoms with Gasteiger partial charge in [-0.3, -0.25) is 4.79 Å². The van der Waals surface area contributed by atoms with Crippen LogP contribution in [0.15, 0.2) is 24.3 Å². The third kappa shape index (κ3) is 3.90. The summed E-state index contributed by atoms with van der Waals surface area (Å²) in [5, 5.41) is 10.2. The summed E-state index contributed by atoms with van der Waals surface area (Å²) in [6.45, 7) is 4.32. The van der Waals surface area contributed by atoms with E-state index < -0.39 is 0 Å². The zero-order valence-corrected chi connectivity index (χ0v) is 14.3. The lowest BCUT2D eigenvalue weighted by Crippen LogP contribution is -2.54. The van der Waals surface area contributed by atoms with Gasteiger partial charge in [-0.25, -0.2) is 0 Å². The highest BCUT2D eigenvalue weighted by Gasteiger charge is 2.39. The molecule has 1 heterocycles. The molecule has 1 saturated carbocycles. The number of benzene rings is 1. The Bertz CT molecular complexity index is 545. The Balaban J connectivity index is 1.65. The highest BCUT2D eigenvalue weighted by molar-refractivity contribution is 5.79. The van der Waals surface area contributed by atoms with E-state index in [9.17, 15) is 9.90 Å². The summed E-state index contributed by atoms with van der Waals surface area (Å²) in [6, 6.07) is 7.71. The van der Waals surface area contributed by atoms with Gasteiger partial charge >= 0.3 is 0 Å². The summed E-state index contributed by atoms with van der Waals surface area (Å²) in [5.41, 5.74) is 0.987. The fourth-order valence-electron chi connectivity index (χ4n) is 3.85. The van der Waals surface area contributed by atoms with Gasteiger partial charge in [-0.2, -0.15) is 0 Å². The third-order valence-corrected chi connectivity index (χ3v) is 5.10. The molecular formula is C19H27NO4. The maximum atomic E-state index is 12.8. The van der Waals surface area contributed by atoms with Crippen LogP contribution < -0.4 is 4.74 Å². The molecule has 3 rings (SSSR count). The van der Waals surface area contributed by atoms with Crippen LogP contribution in [-0.4, -0.2) is 54.4 Å². The molecular weight excluding hydrogens is 306 g/mol. The van der Waals surface area contributed by atoms with Crippen LogP contribution >= 0.6 is 0 Å². The van der Waals surface area contributed by atoms with Crippen LogP contribution in [-0.2, 0) is 16.0 Å². The normalized spacial score (nSPS) is 27.2. The summed E-state index contributed by atoms with van der Waals surface area (Å²) in [7, 11) is 0. The molecule has 1 aliphatic carbocycles. The number of rotatable bonds is 5. The van der Waals surface area contributed by atoms with Crippen LogP contribution in [0.5, 0.6) is 5.75 Å². The van der Waals surface area contributed by atoms with Gasteiger partial charge in [0, 0.05) is 12.5 Å². The smallest absolute Gasteiger partial charge is 0.227 e. The third-order valence-electron chi connectivity index (χ3n) is 5.10. The highest BCUT2D eigenvalue weighted by atomic mass is 16.5. The number of ether oxygens (including phenoxy) is 2. The van der Waals surface area contributed by atoms with Gasteiger partial charge in [0.2, 0.25) is 5.91 Å². The van der Waals surface area contributed by atoms with Crippen LogP contribution in [0.3, 0.4) is 0 Å². The van der Waals surface area contributed by atoms with Gasteiger partial charge in [-0.15, -0.1) is 0 Å². The average molecular weight is 333 g/mol. The molecule has 1 aromatic rings. The fraction of sp³-hybridized carbons (Fsp3) is 0.632. The van der Waals surface area contributed by atoms with Crippen molar-refractivity contribution in [2.24, 2.45) is 5.92 Å². The van der Waals surface area contributed by atoms with Crippen LogP contribution in [0.1, 0.15) is 31.7 Å². The predicted octanol–water partition coefficient (Wildman–Crippen LogP) is 2.02. The molecule has 1 aromatic carbocycles. The van der Waals surface area contributed by atoms with Gasteiger partial charge in [-0.05, 0) is 37.5 Å². The van der Waals surface area contributed by atoms with Crippen LogP contribution in [0, 0.1) is 5.92 Å². The molecule has 5 heteroatoms. The molecule has 0 bridgehead atoms. The van der Waals surface area contributed by atoms with Gasteiger partial charge in [0.25, 0.3) is 0 Å². The molecule has 1 saturated heterocycles. The van der Waals surface area contributed by atoms with Gasteiger partial charge in [-0.1, -0.05) is 18.6 Å². The second kappa shape index (κ2) is 7.99. The lowest BCUT2D eigenvalue weighted by Gasteiger charge is -2.40. The Morgan fingerprint density at radius 1 is 1.33 bits per heavy atom. The first-order chi connectivity index (χ1) is 11.7. The Labute approximate surface area is 143 Å². The molecule has 1 N–H and O–H groups in total. The first-order valence-corrected chi connectivity index (χ1v) is 8.96. The van der Waals surface area contributed by atoms with E-state index >= 15 is 0 Å². The minimum absolute atomic E-state index is 0.00597. The van der Waals surface area contributed by atoms with Crippen LogP contribution in [0.4, 0.5) is 0 Å². The maximum absolute atomic E-state index is 12.8. The highest BCUT2D eigenvalue weighted by Crippen LogP contribution is 2.32. The van der Waals surface area contributed by atoms with Crippen molar-refractivity contribution in [3.05, 3.63) is 29.8 Å². The quantitative estimate of drug-likeness (QED) is 0.895. The molecule has 24 heavy (non-hydrogen) atoms. The average Bonchev–Trinajstić information content (AvgIpc) is 3.03. The second-order valence-corrected chi connectivity index (χ2v) is 6.65. The first kappa shape index (κ1) is 17.2. The van der Waals surface area contributed by atoms with E-state index in [0.717, 1.165) is 30.6 Å². The van der Waals surface area contributed by atoms with E-state index in [2.05, 4.69) is 0 Å². The van der Waals surface area contributed by atoms with Crippen molar-refractivity contribution in [1.82, 2.24) is 4.90 Å². The molecule has 0 spiro atoms. The molecule has 0 aromatic heterocycles. The lowest BCUT2D eigenvalue weighted by molar-refractivity contribution is -0.143. The minimum atomic E-state index is -0.308. The number of carbonyl (C=O) groups excluding carboxylic acids is 1. The molecule has 132 valence electrons. The van der Waals surface area contributed by atoms with Crippen LogP contribution in [0.25, 0.3) is 0 Å². The van der Waals surface area contributed by atoms with Crippen molar-refractivity contribution in [1.29, 1.82) is 0 Å². The molecule has 5 nitrogen and oxygen atoms in total. The number of aliphatic hydroxyl groups excluding tert-OH is 1. The predicted molar refractivity (Wildman–Crippen MR) is 91.0 cm³/mol. The number of amides is 1. The van der Waals surface area contributed by atoms with Gasteiger partial charge in [0.1, 0.15) is 5.75 Å². The zero-order valence-electron chi connectivity index (χ0n) is 14.3. The summed E-state index contributed by atoms with van der Waals surface area (Å²) < 4.78 is 11.0. The Hall–Kier alpha value is -1.59. The maximum Gasteiger partial charge on any atom is 0.227 e. The molecule has 3 unspecified atom stereocenters. The molecule has 1 amide bonds. The zero-order chi connectivity index (χ0) is 16.9. The van der Waals surface area contributed by atoms with Crippen molar-refractivity contribution in [2.45, 2.75) is 44.8 Å². The number of morpholine rings is 1. The molecule has 0 radical (unpaired) electrons. The summed E-state index contributed by atoms with van der Waals surface area (Å²) in [5.74, 6) is 1.09. The molecule has 1 aliphatic heterocycles. The number of hydrogen-bond acceptors (Lipinski definition) is 4. The van der Waals surface area contributed by atoms with Gasteiger partial charge < -0.3 is 19.5 Å². The van der Waals surface area contributed by atoms with Gasteiger partial charge in [0.05, 0.1) is 38.4 Å². The minimum Gasteiger partial charge on any atom is -0.494 e. The topological polar surface area (TPSA) is 59.0 Å². The second-order valence-electron chi connectivity index (χ2n) is 6.65. The van der Waals surface area contributed by atoms with Crippen molar-refractivity contribution in [2.75, 3.05) is 26.4 Å². The Morgan fingerprint density at radius 3 is 2.79 bits per heavy atom. The Kier molecular flexibility index (Phi) is 5.74. The fourth-order valence-corrected chi connectivity index (χ4v) is 3.85. The van der Waals surface area contributed by atoms with Gasteiger partial charge in [0.15, 0.2) is 0 Å². The standard InChI is InChI=1S/C19H27NO4/c1-2-24-15-8-6-14(7-9-15)12-19(22)20-10-11-23-13-17(20)16-4-3-5-18(16)21/h6-9,16-18,21H,2-5,10-13H2,1H3. The molecule has 2 aliphatic rings. The van der Waals surface area contributed by atoms with E-state index in [-0.39, 0.29) is 24.0 Å². The summed E-state index contributed by atoms with van der Waals surface area (Å²) >= 11 is 0. The van der Waals surface area contributed by atoms with E-state index in [1.54, 1.807) is 0 Å². The SMILES string of the molecule is CCOc1ccc(CC(=O)N2CCOCC2C2CCCC2O)cc1. The van der Waals surface area contributed by atoms with Crippen molar-refractivity contribution in [3.63, 3.8) is 0 Å².